The number of pyridine rings is 1. The summed E-state index contributed by atoms with van der Waals surface area (Å²) in [5.74, 6) is -0.604. The van der Waals surface area contributed by atoms with Gasteiger partial charge < -0.3 is 4.42 Å². The van der Waals surface area contributed by atoms with Gasteiger partial charge in [-0.1, -0.05) is 29.8 Å². The number of aromatic nitrogens is 1. The van der Waals surface area contributed by atoms with Gasteiger partial charge in [0.1, 0.15) is 11.5 Å². The van der Waals surface area contributed by atoms with Gasteiger partial charge >= 0.3 is 5.91 Å². The van der Waals surface area contributed by atoms with Crippen molar-refractivity contribution in [2.45, 2.75) is 0 Å². The number of furan rings is 1. The van der Waals surface area contributed by atoms with Crippen LogP contribution in [0.25, 0.3) is 11.3 Å². The number of amides is 2. The summed E-state index contributed by atoms with van der Waals surface area (Å²) in [5.41, 5.74) is 5.41. The summed E-state index contributed by atoms with van der Waals surface area (Å²) < 4.78 is 5.49. The Morgan fingerprint density at radius 1 is 0.917 bits per heavy atom. The zero-order valence-electron chi connectivity index (χ0n) is 12.3. The number of hydrazine groups is 1. The van der Waals surface area contributed by atoms with Crippen LogP contribution >= 0.6 is 11.6 Å². The summed E-state index contributed by atoms with van der Waals surface area (Å²) in [6, 6.07) is 15.2. The van der Waals surface area contributed by atoms with Crippen LogP contribution in [0.1, 0.15) is 21.0 Å². The molecule has 0 saturated heterocycles. The summed E-state index contributed by atoms with van der Waals surface area (Å²) in [6.45, 7) is 0. The molecule has 0 saturated carbocycles. The van der Waals surface area contributed by atoms with Crippen LogP contribution in [0.5, 0.6) is 0 Å². The van der Waals surface area contributed by atoms with E-state index in [-0.39, 0.29) is 11.5 Å². The van der Waals surface area contributed by atoms with Crippen molar-refractivity contribution in [1.82, 2.24) is 15.8 Å². The maximum Gasteiger partial charge on any atom is 0.305 e. The molecule has 0 aliphatic carbocycles. The van der Waals surface area contributed by atoms with Crippen molar-refractivity contribution in [2.75, 3.05) is 0 Å². The summed E-state index contributed by atoms with van der Waals surface area (Å²) in [6.07, 6.45) is 1.49. The smallest absolute Gasteiger partial charge is 0.305 e. The van der Waals surface area contributed by atoms with Crippen molar-refractivity contribution in [3.63, 3.8) is 0 Å². The third kappa shape index (κ3) is 3.44. The molecule has 0 aliphatic rings. The second-order valence-electron chi connectivity index (χ2n) is 4.77. The molecule has 0 bridgehead atoms. The number of carbonyl (C=O) groups excluding carboxylic acids is 2. The molecule has 2 heterocycles. The van der Waals surface area contributed by atoms with Crippen LogP contribution in [0, 0.1) is 0 Å². The molecule has 24 heavy (non-hydrogen) atoms. The van der Waals surface area contributed by atoms with E-state index < -0.39 is 11.8 Å². The molecule has 0 atom stereocenters. The van der Waals surface area contributed by atoms with E-state index in [0.717, 1.165) is 0 Å². The molecule has 3 aromatic rings. The first kappa shape index (κ1) is 15.8. The normalized spacial score (nSPS) is 10.2. The molecule has 2 amide bonds. The summed E-state index contributed by atoms with van der Waals surface area (Å²) in [5, 5.41) is 0.516. The number of halogens is 1. The molecule has 0 radical (unpaired) electrons. The van der Waals surface area contributed by atoms with Gasteiger partial charge in [0.25, 0.3) is 5.91 Å². The van der Waals surface area contributed by atoms with E-state index in [1.807, 2.05) is 6.07 Å². The predicted octanol–water partition coefficient (Wildman–Crippen LogP) is 3.07. The summed E-state index contributed by atoms with van der Waals surface area (Å²) in [4.78, 5) is 27.7. The molecular formula is C17H12ClN3O3. The molecule has 7 heteroatoms. The maximum atomic E-state index is 12.0. The quantitative estimate of drug-likeness (QED) is 0.717. The fraction of sp³-hybridized carbons (Fsp3) is 0. The molecule has 0 spiro atoms. The first-order valence-corrected chi connectivity index (χ1v) is 7.39. The van der Waals surface area contributed by atoms with E-state index in [2.05, 4.69) is 15.8 Å². The number of benzene rings is 1. The topological polar surface area (TPSA) is 84.2 Å². The Morgan fingerprint density at radius 3 is 2.42 bits per heavy atom. The highest BCUT2D eigenvalue weighted by atomic mass is 35.5. The van der Waals surface area contributed by atoms with E-state index in [4.69, 9.17) is 16.0 Å². The molecule has 2 N–H and O–H groups in total. The highest BCUT2D eigenvalue weighted by Gasteiger charge is 2.15. The number of nitrogens with zero attached hydrogens (tertiary/aromatic N) is 1. The standard InChI is InChI=1S/C17H12ClN3O3/c18-12-6-2-1-5-11(12)14-8-9-15(24-14)17(23)21-20-16(22)13-7-3-4-10-19-13/h1-10H,(H,20,22)(H,21,23). The van der Waals surface area contributed by atoms with Crippen molar-refractivity contribution in [3.05, 3.63) is 77.3 Å². The molecule has 0 fully saturated rings. The largest absolute Gasteiger partial charge is 0.451 e. The minimum Gasteiger partial charge on any atom is -0.451 e. The Kier molecular flexibility index (Phi) is 4.58. The van der Waals surface area contributed by atoms with Crippen LogP contribution in [0.15, 0.2) is 65.2 Å². The fourth-order valence-corrected chi connectivity index (χ4v) is 2.23. The Labute approximate surface area is 142 Å². The first-order chi connectivity index (χ1) is 11.6. The highest BCUT2D eigenvalue weighted by molar-refractivity contribution is 6.33. The van der Waals surface area contributed by atoms with Gasteiger partial charge in [0.2, 0.25) is 0 Å². The summed E-state index contributed by atoms with van der Waals surface area (Å²) >= 11 is 6.09. The van der Waals surface area contributed by atoms with Crippen molar-refractivity contribution in [3.8, 4) is 11.3 Å². The van der Waals surface area contributed by atoms with Gasteiger partial charge in [0, 0.05) is 11.8 Å². The average molecular weight is 342 g/mol. The zero-order chi connectivity index (χ0) is 16.9. The SMILES string of the molecule is O=C(NNC(=O)c1ccc(-c2ccccc2Cl)o1)c1ccccn1. The lowest BCUT2D eigenvalue weighted by Crippen LogP contribution is -2.41. The molecule has 0 aliphatic heterocycles. The maximum absolute atomic E-state index is 12.0. The summed E-state index contributed by atoms with van der Waals surface area (Å²) in [7, 11) is 0. The van der Waals surface area contributed by atoms with Crippen molar-refractivity contribution in [2.24, 2.45) is 0 Å². The van der Waals surface area contributed by atoms with Gasteiger partial charge in [-0.3, -0.25) is 25.4 Å². The third-order valence-corrected chi connectivity index (χ3v) is 3.49. The van der Waals surface area contributed by atoms with Crippen molar-refractivity contribution < 1.29 is 14.0 Å². The van der Waals surface area contributed by atoms with E-state index in [9.17, 15) is 9.59 Å². The highest BCUT2D eigenvalue weighted by Crippen LogP contribution is 2.28. The molecule has 3 rings (SSSR count). The number of hydrogen-bond donors (Lipinski definition) is 2. The van der Waals surface area contributed by atoms with Gasteiger partial charge in [-0.15, -0.1) is 0 Å². The number of carbonyl (C=O) groups is 2. The first-order valence-electron chi connectivity index (χ1n) is 7.01. The molecule has 6 nitrogen and oxygen atoms in total. The third-order valence-electron chi connectivity index (χ3n) is 3.16. The van der Waals surface area contributed by atoms with Crippen LogP contribution in [0.2, 0.25) is 5.02 Å². The van der Waals surface area contributed by atoms with Crippen LogP contribution in [0.4, 0.5) is 0 Å². The second kappa shape index (κ2) is 6.97. The molecule has 0 unspecified atom stereocenters. The monoisotopic (exact) mass is 341 g/mol. The van der Waals surface area contributed by atoms with Crippen LogP contribution in [-0.4, -0.2) is 16.8 Å². The van der Waals surface area contributed by atoms with Gasteiger partial charge in [-0.25, -0.2) is 0 Å². The molecule has 1 aromatic carbocycles. The van der Waals surface area contributed by atoms with Crippen LogP contribution in [-0.2, 0) is 0 Å². The average Bonchev–Trinajstić information content (AvgIpc) is 3.10. The molecule has 2 aromatic heterocycles. The lowest BCUT2D eigenvalue weighted by Gasteiger charge is -2.05. The van der Waals surface area contributed by atoms with Crippen LogP contribution < -0.4 is 10.9 Å². The Hall–Kier alpha value is -3.12. The number of nitrogens with one attached hydrogen (secondary N) is 2. The minimum atomic E-state index is -0.586. The van der Waals surface area contributed by atoms with Gasteiger partial charge in [-0.05, 0) is 36.4 Å². The number of rotatable bonds is 3. The van der Waals surface area contributed by atoms with E-state index in [0.29, 0.717) is 16.3 Å². The Bertz CT molecular complexity index is 878. The van der Waals surface area contributed by atoms with Crippen molar-refractivity contribution >= 4 is 23.4 Å². The number of hydrogen-bond acceptors (Lipinski definition) is 4. The lowest BCUT2D eigenvalue weighted by molar-refractivity contribution is 0.0829. The second-order valence-corrected chi connectivity index (χ2v) is 5.17. The fourth-order valence-electron chi connectivity index (χ4n) is 2.00. The van der Waals surface area contributed by atoms with Gasteiger partial charge in [0.05, 0.1) is 5.02 Å². The van der Waals surface area contributed by atoms with Crippen molar-refractivity contribution in [1.29, 1.82) is 0 Å². The van der Waals surface area contributed by atoms with Crippen LogP contribution in [0.3, 0.4) is 0 Å². The van der Waals surface area contributed by atoms with E-state index in [1.165, 1.54) is 18.3 Å². The Morgan fingerprint density at radius 2 is 1.67 bits per heavy atom. The molecular weight excluding hydrogens is 330 g/mol. The van der Waals surface area contributed by atoms with E-state index in [1.54, 1.807) is 36.4 Å². The minimum absolute atomic E-state index is 0.0474. The zero-order valence-corrected chi connectivity index (χ0v) is 13.1. The Balaban J connectivity index is 1.66. The molecule has 120 valence electrons. The predicted molar refractivity (Wildman–Crippen MR) is 88.3 cm³/mol. The van der Waals surface area contributed by atoms with Gasteiger partial charge in [0.15, 0.2) is 5.76 Å². The van der Waals surface area contributed by atoms with E-state index >= 15 is 0 Å². The van der Waals surface area contributed by atoms with Gasteiger partial charge in [-0.2, -0.15) is 0 Å². The lowest BCUT2D eigenvalue weighted by atomic mass is 10.2.